The SMILES string of the molecule is COc1ccccc1C(F)C(C)CN. The van der Waals surface area contributed by atoms with Crippen molar-refractivity contribution >= 4 is 0 Å². The molecule has 0 spiro atoms. The third-order valence-electron chi connectivity index (χ3n) is 2.31. The van der Waals surface area contributed by atoms with Gasteiger partial charge in [0.1, 0.15) is 11.9 Å². The average molecular weight is 197 g/mol. The molecule has 0 saturated heterocycles. The fourth-order valence-corrected chi connectivity index (χ4v) is 1.32. The van der Waals surface area contributed by atoms with Gasteiger partial charge in [-0.15, -0.1) is 0 Å². The van der Waals surface area contributed by atoms with E-state index in [1.807, 2.05) is 6.07 Å². The highest BCUT2D eigenvalue weighted by Crippen LogP contribution is 2.32. The van der Waals surface area contributed by atoms with Gasteiger partial charge in [-0.3, -0.25) is 0 Å². The van der Waals surface area contributed by atoms with Crippen molar-refractivity contribution in [2.45, 2.75) is 13.1 Å². The number of hydrogen-bond acceptors (Lipinski definition) is 2. The maximum Gasteiger partial charge on any atom is 0.132 e. The molecule has 2 unspecified atom stereocenters. The summed E-state index contributed by atoms with van der Waals surface area (Å²) in [7, 11) is 1.54. The summed E-state index contributed by atoms with van der Waals surface area (Å²) < 4.78 is 18.9. The second kappa shape index (κ2) is 4.96. The number of nitrogens with two attached hydrogens (primary N) is 1. The van der Waals surface area contributed by atoms with Crippen LogP contribution in [0.2, 0.25) is 0 Å². The molecule has 2 atom stereocenters. The van der Waals surface area contributed by atoms with Crippen LogP contribution in [0.1, 0.15) is 18.7 Å². The Bertz CT molecular complexity index is 290. The van der Waals surface area contributed by atoms with Crippen molar-refractivity contribution in [1.29, 1.82) is 0 Å². The molecule has 0 heterocycles. The van der Waals surface area contributed by atoms with Crippen molar-refractivity contribution in [3.05, 3.63) is 29.8 Å². The first-order chi connectivity index (χ1) is 6.70. The van der Waals surface area contributed by atoms with Crippen LogP contribution in [0.15, 0.2) is 24.3 Å². The van der Waals surface area contributed by atoms with Gasteiger partial charge in [0, 0.05) is 11.5 Å². The first-order valence-corrected chi connectivity index (χ1v) is 4.67. The summed E-state index contributed by atoms with van der Waals surface area (Å²) in [5.74, 6) is 0.395. The molecular weight excluding hydrogens is 181 g/mol. The minimum atomic E-state index is -1.06. The molecule has 78 valence electrons. The van der Waals surface area contributed by atoms with Crippen LogP contribution in [0, 0.1) is 5.92 Å². The molecule has 0 bridgehead atoms. The summed E-state index contributed by atoms with van der Waals surface area (Å²) in [5, 5.41) is 0. The zero-order valence-corrected chi connectivity index (χ0v) is 8.53. The number of halogens is 1. The van der Waals surface area contributed by atoms with Gasteiger partial charge >= 0.3 is 0 Å². The van der Waals surface area contributed by atoms with Gasteiger partial charge in [-0.2, -0.15) is 0 Å². The number of benzene rings is 1. The maximum atomic E-state index is 13.8. The van der Waals surface area contributed by atoms with Gasteiger partial charge in [-0.25, -0.2) is 4.39 Å². The van der Waals surface area contributed by atoms with Gasteiger partial charge in [0.15, 0.2) is 0 Å². The van der Waals surface area contributed by atoms with Crippen LogP contribution < -0.4 is 10.5 Å². The van der Waals surface area contributed by atoms with Crippen LogP contribution in [-0.2, 0) is 0 Å². The highest BCUT2D eigenvalue weighted by atomic mass is 19.1. The second-order valence-electron chi connectivity index (χ2n) is 3.36. The fraction of sp³-hybridized carbons (Fsp3) is 0.455. The zero-order valence-electron chi connectivity index (χ0n) is 8.53. The molecule has 0 fully saturated rings. The summed E-state index contributed by atoms with van der Waals surface area (Å²) in [6, 6.07) is 7.11. The monoisotopic (exact) mass is 197 g/mol. The molecule has 0 aliphatic carbocycles. The minimum absolute atomic E-state index is 0.189. The molecule has 14 heavy (non-hydrogen) atoms. The Labute approximate surface area is 83.9 Å². The first kappa shape index (κ1) is 11.0. The van der Waals surface area contributed by atoms with Gasteiger partial charge in [-0.05, 0) is 12.6 Å². The van der Waals surface area contributed by atoms with E-state index in [2.05, 4.69) is 0 Å². The Balaban J connectivity index is 2.93. The van der Waals surface area contributed by atoms with Gasteiger partial charge in [0.2, 0.25) is 0 Å². The average Bonchev–Trinajstić information content (AvgIpc) is 2.26. The quantitative estimate of drug-likeness (QED) is 0.803. The molecular formula is C11H16FNO. The van der Waals surface area contributed by atoms with Crippen LogP contribution >= 0.6 is 0 Å². The van der Waals surface area contributed by atoms with Crippen molar-refractivity contribution in [3.8, 4) is 5.75 Å². The number of methoxy groups -OCH3 is 1. The van der Waals surface area contributed by atoms with Crippen LogP contribution in [0.25, 0.3) is 0 Å². The highest BCUT2D eigenvalue weighted by Gasteiger charge is 2.20. The number of rotatable bonds is 4. The van der Waals surface area contributed by atoms with Crippen molar-refractivity contribution in [1.82, 2.24) is 0 Å². The Morgan fingerprint density at radius 1 is 1.43 bits per heavy atom. The lowest BCUT2D eigenvalue weighted by Gasteiger charge is -2.17. The molecule has 1 rings (SSSR count). The van der Waals surface area contributed by atoms with E-state index in [0.717, 1.165) is 0 Å². The molecule has 2 N–H and O–H groups in total. The Morgan fingerprint density at radius 3 is 2.64 bits per heavy atom. The van der Waals surface area contributed by atoms with Crippen LogP contribution in [-0.4, -0.2) is 13.7 Å². The summed E-state index contributed by atoms with van der Waals surface area (Å²) in [6.07, 6.45) is -1.06. The van der Waals surface area contributed by atoms with Crippen molar-refractivity contribution in [3.63, 3.8) is 0 Å². The number of ether oxygens (including phenoxy) is 1. The number of para-hydroxylation sites is 1. The van der Waals surface area contributed by atoms with Gasteiger partial charge < -0.3 is 10.5 Å². The predicted octanol–water partition coefficient (Wildman–Crippen LogP) is 2.30. The molecule has 3 heteroatoms. The summed E-state index contributed by atoms with van der Waals surface area (Å²) >= 11 is 0. The Hall–Kier alpha value is -1.09. The normalized spacial score (nSPS) is 14.9. The third-order valence-corrected chi connectivity index (χ3v) is 2.31. The van der Waals surface area contributed by atoms with E-state index in [-0.39, 0.29) is 5.92 Å². The molecule has 0 amide bonds. The Kier molecular flexibility index (Phi) is 3.89. The molecule has 0 aromatic heterocycles. The summed E-state index contributed by atoms with van der Waals surface area (Å²) in [4.78, 5) is 0. The summed E-state index contributed by atoms with van der Waals surface area (Å²) in [5.41, 5.74) is 6.00. The molecule has 0 radical (unpaired) electrons. The molecule has 2 nitrogen and oxygen atoms in total. The van der Waals surface area contributed by atoms with Crippen LogP contribution in [0.5, 0.6) is 5.75 Å². The molecule has 1 aromatic rings. The second-order valence-corrected chi connectivity index (χ2v) is 3.36. The van der Waals surface area contributed by atoms with Gasteiger partial charge in [0.25, 0.3) is 0 Å². The van der Waals surface area contributed by atoms with Gasteiger partial charge in [0.05, 0.1) is 7.11 Å². The van der Waals surface area contributed by atoms with E-state index in [9.17, 15) is 4.39 Å². The maximum absolute atomic E-state index is 13.8. The first-order valence-electron chi connectivity index (χ1n) is 4.67. The molecule has 0 aliphatic heterocycles. The Morgan fingerprint density at radius 2 is 2.07 bits per heavy atom. The molecule has 0 saturated carbocycles. The standard InChI is InChI=1S/C11H16FNO/c1-8(7-13)11(12)9-5-3-4-6-10(9)14-2/h3-6,8,11H,7,13H2,1-2H3. The lowest BCUT2D eigenvalue weighted by molar-refractivity contribution is 0.243. The van der Waals surface area contributed by atoms with Crippen LogP contribution in [0.3, 0.4) is 0 Å². The van der Waals surface area contributed by atoms with E-state index in [4.69, 9.17) is 10.5 Å². The van der Waals surface area contributed by atoms with Crippen molar-refractivity contribution in [2.75, 3.05) is 13.7 Å². The van der Waals surface area contributed by atoms with E-state index in [1.54, 1.807) is 32.2 Å². The van der Waals surface area contributed by atoms with E-state index >= 15 is 0 Å². The smallest absolute Gasteiger partial charge is 0.132 e. The number of alkyl halides is 1. The topological polar surface area (TPSA) is 35.2 Å². The van der Waals surface area contributed by atoms with E-state index in [1.165, 1.54) is 0 Å². The summed E-state index contributed by atoms with van der Waals surface area (Å²) in [6.45, 7) is 2.12. The fourth-order valence-electron chi connectivity index (χ4n) is 1.32. The van der Waals surface area contributed by atoms with Gasteiger partial charge in [-0.1, -0.05) is 25.1 Å². The zero-order chi connectivity index (χ0) is 10.6. The van der Waals surface area contributed by atoms with Crippen molar-refractivity contribution in [2.24, 2.45) is 11.7 Å². The third kappa shape index (κ3) is 2.23. The number of hydrogen-bond donors (Lipinski definition) is 1. The van der Waals surface area contributed by atoms with Crippen molar-refractivity contribution < 1.29 is 9.13 Å². The minimum Gasteiger partial charge on any atom is -0.496 e. The predicted molar refractivity (Wildman–Crippen MR) is 55.1 cm³/mol. The van der Waals surface area contributed by atoms with E-state index < -0.39 is 6.17 Å². The molecule has 1 aromatic carbocycles. The lowest BCUT2D eigenvalue weighted by Crippen LogP contribution is -2.16. The largest absolute Gasteiger partial charge is 0.496 e. The van der Waals surface area contributed by atoms with E-state index in [0.29, 0.717) is 17.9 Å². The highest BCUT2D eigenvalue weighted by molar-refractivity contribution is 5.35. The van der Waals surface area contributed by atoms with Crippen LogP contribution in [0.4, 0.5) is 4.39 Å². The molecule has 0 aliphatic rings. The lowest BCUT2D eigenvalue weighted by atomic mass is 9.98.